The van der Waals surface area contributed by atoms with Crippen LogP contribution in [-0.4, -0.2) is 19.5 Å². The zero-order valence-electron chi connectivity index (χ0n) is 15.9. The Bertz CT molecular complexity index is 1260. The van der Waals surface area contributed by atoms with Gasteiger partial charge in [-0.05, 0) is 30.3 Å². The zero-order valence-corrected chi connectivity index (χ0v) is 15.9. The molecule has 3 aromatic heterocycles. The summed E-state index contributed by atoms with van der Waals surface area (Å²) in [6.07, 6.45) is 4.44. The highest BCUT2D eigenvalue weighted by molar-refractivity contribution is 5.60. The van der Waals surface area contributed by atoms with Gasteiger partial charge in [-0.15, -0.1) is 0 Å². The number of anilines is 3. The van der Waals surface area contributed by atoms with Gasteiger partial charge < -0.3 is 15.8 Å². The lowest BCUT2D eigenvalue weighted by Gasteiger charge is -2.12. The fourth-order valence-corrected chi connectivity index (χ4v) is 2.75. The predicted molar refractivity (Wildman–Crippen MR) is 111 cm³/mol. The van der Waals surface area contributed by atoms with Gasteiger partial charge in [-0.25, -0.2) is 14.4 Å². The molecule has 0 spiro atoms. The van der Waals surface area contributed by atoms with Crippen LogP contribution in [0.4, 0.5) is 21.8 Å². The Morgan fingerprint density at radius 3 is 2.60 bits per heavy atom. The number of hydrogen-bond acceptors (Lipinski definition) is 7. The second-order valence-electron chi connectivity index (χ2n) is 6.36. The highest BCUT2D eigenvalue weighted by Crippen LogP contribution is 2.24. The monoisotopic (exact) mass is 404 g/mol. The molecule has 4 rings (SSSR count). The van der Waals surface area contributed by atoms with E-state index >= 15 is 0 Å². The van der Waals surface area contributed by atoms with Crippen LogP contribution in [0.15, 0.2) is 71.9 Å². The molecule has 3 heterocycles. The molecule has 150 valence electrons. The fourth-order valence-electron chi connectivity index (χ4n) is 2.75. The van der Waals surface area contributed by atoms with Crippen LogP contribution in [-0.2, 0) is 7.05 Å². The minimum Gasteiger partial charge on any atom is -0.456 e. The number of rotatable bonds is 5. The molecular weight excluding hydrogens is 387 g/mol. The Morgan fingerprint density at radius 1 is 1.03 bits per heavy atom. The number of pyridine rings is 2. The van der Waals surface area contributed by atoms with Gasteiger partial charge in [0.15, 0.2) is 0 Å². The molecule has 0 radical (unpaired) electrons. The van der Waals surface area contributed by atoms with E-state index in [1.807, 2.05) is 0 Å². The van der Waals surface area contributed by atoms with Crippen molar-refractivity contribution in [3.63, 3.8) is 0 Å². The normalized spacial score (nSPS) is 10.6. The summed E-state index contributed by atoms with van der Waals surface area (Å²) in [4.78, 5) is 25.2. The minimum absolute atomic E-state index is 0.212. The third-order valence-corrected chi connectivity index (χ3v) is 4.29. The van der Waals surface area contributed by atoms with Crippen molar-refractivity contribution in [2.45, 2.75) is 0 Å². The van der Waals surface area contributed by atoms with Crippen LogP contribution in [0.25, 0.3) is 11.3 Å². The Kier molecular flexibility index (Phi) is 5.08. The maximum atomic E-state index is 13.9. The van der Waals surface area contributed by atoms with E-state index in [4.69, 9.17) is 10.5 Å². The predicted octanol–water partition coefficient (Wildman–Crippen LogP) is 3.49. The van der Waals surface area contributed by atoms with E-state index in [1.165, 1.54) is 23.0 Å². The van der Waals surface area contributed by atoms with Crippen molar-refractivity contribution in [1.29, 1.82) is 0 Å². The van der Waals surface area contributed by atoms with Crippen molar-refractivity contribution in [3.05, 3.63) is 83.3 Å². The van der Waals surface area contributed by atoms with E-state index in [1.54, 1.807) is 55.7 Å². The first-order valence-corrected chi connectivity index (χ1v) is 8.94. The van der Waals surface area contributed by atoms with Crippen molar-refractivity contribution in [3.8, 4) is 22.8 Å². The number of nitrogens with one attached hydrogen (secondary N) is 1. The van der Waals surface area contributed by atoms with Gasteiger partial charge in [0.05, 0.1) is 23.1 Å². The molecule has 30 heavy (non-hydrogen) atoms. The first kappa shape index (κ1) is 19.1. The van der Waals surface area contributed by atoms with Crippen molar-refractivity contribution in [2.24, 2.45) is 7.05 Å². The molecule has 0 amide bonds. The third-order valence-electron chi connectivity index (χ3n) is 4.29. The second-order valence-corrected chi connectivity index (χ2v) is 6.36. The average Bonchev–Trinajstić information content (AvgIpc) is 2.74. The van der Waals surface area contributed by atoms with E-state index < -0.39 is 5.82 Å². The number of ether oxygens (including phenoxy) is 1. The summed E-state index contributed by atoms with van der Waals surface area (Å²) >= 11 is 0. The summed E-state index contributed by atoms with van der Waals surface area (Å²) in [6, 6.07) is 12.8. The van der Waals surface area contributed by atoms with E-state index in [-0.39, 0.29) is 17.2 Å². The van der Waals surface area contributed by atoms with Crippen LogP contribution < -0.4 is 21.3 Å². The molecular formula is C21H17FN6O2. The molecule has 0 aliphatic heterocycles. The van der Waals surface area contributed by atoms with E-state index in [2.05, 4.69) is 20.3 Å². The summed E-state index contributed by atoms with van der Waals surface area (Å²) in [5.74, 6) is 1.12. The van der Waals surface area contributed by atoms with Gasteiger partial charge in [-0.2, -0.15) is 0 Å². The van der Waals surface area contributed by atoms with Gasteiger partial charge in [-0.1, -0.05) is 12.1 Å². The fraction of sp³-hybridized carbons (Fsp3) is 0.0476. The smallest absolute Gasteiger partial charge is 0.264 e. The SMILES string of the molecule is Cn1c(Nc2ccccc2F)ncc(-c2ccc(Oc3ccnc(N)c3)cn2)c1=O. The van der Waals surface area contributed by atoms with Crippen molar-refractivity contribution >= 4 is 17.5 Å². The summed E-state index contributed by atoms with van der Waals surface area (Å²) in [6.45, 7) is 0. The standard InChI is InChI=1S/C21H17FN6O2/c1-28-20(29)15(12-26-21(28)27-18-5-3-2-4-16(18)22)17-7-6-14(11-25-17)30-13-8-9-24-19(23)10-13/h2-12H,1H3,(H2,23,24)(H,26,27). The molecule has 1 aromatic carbocycles. The molecule has 4 aromatic rings. The van der Waals surface area contributed by atoms with E-state index in [0.29, 0.717) is 28.6 Å². The Hall–Kier alpha value is -4.27. The van der Waals surface area contributed by atoms with Crippen LogP contribution in [0.3, 0.4) is 0 Å². The number of aromatic nitrogens is 4. The van der Waals surface area contributed by atoms with Gasteiger partial charge in [0.1, 0.15) is 23.1 Å². The summed E-state index contributed by atoms with van der Waals surface area (Å²) < 4.78 is 20.8. The quantitative estimate of drug-likeness (QED) is 0.524. The maximum absolute atomic E-state index is 13.9. The number of nitrogens with two attached hydrogens (primary N) is 1. The highest BCUT2D eigenvalue weighted by atomic mass is 19.1. The molecule has 0 unspecified atom stereocenters. The highest BCUT2D eigenvalue weighted by Gasteiger charge is 2.12. The Morgan fingerprint density at radius 2 is 1.87 bits per heavy atom. The second kappa shape index (κ2) is 8.00. The van der Waals surface area contributed by atoms with Crippen LogP contribution >= 0.6 is 0 Å². The molecule has 0 aliphatic rings. The summed E-state index contributed by atoms with van der Waals surface area (Å²) in [5, 5.41) is 2.82. The van der Waals surface area contributed by atoms with Crippen molar-refractivity contribution < 1.29 is 9.13 Å². The molecule has 3 N–H and O–H groups in total. The molecule has 0 aliphatic carbocycles. The first-order valence-electron chi connectivity index (χ1n) is 8.94. The minimum atomic E-state index is -0.441. The number of nitrogen functional groups attached to an aromatic ring is 1. The van der Waals surface area contributed by atoms with Crippen molar-refractivity contribution in [2.75, 3.05) is 11.1 Å². The maximum Gasteiger partial charge on any atom is 0.264 e. The molecule has 0 bridgehead atoms. The number of halogens is 1. The van der Waals surface area contributed by atoms with Gasteiger partial charge in [-0.3, -0.25) is 14.3 Å². The van der Waals surface area contributed by atoms with Crippen LogP contribution in [0, 0.1) is 5.82 Å². The van der Waals surface area contributed by atoms with Gasteiger partial charge in [0.2, 0.25) is 5.95 Å². The zero-order chi connectivity index (χ0) is 21.1. The van der Waals surface area contributed by atoms with Gasteiger partial charge in [0, 0.05) is 25.5 Å². The first-order chi connectivity index (χ1) is 14.5. The Balaban J connectivity index is 1.57. The summed E-state index contributed by atoms with van der Waals surface area (Å²) in [7, 11) is 1.55. The van der Waals surface area contributed by atoms with Crippen LogP contribution in [0.2, 0.25) is 0 Å². The van der Waals surface area contributed by atoms with Crippen LogP contribution in [0.1, 0.15) is 0 Å². The lowest BCUT2D eigenvalue weighted by Crippen LogP contribution is -2.22. The van der Waals surface area contributed by atoms with Gasteiger partial charge >= 0.3 is 0 Å². The number of nitrogens with zero attached hydrogens (tertiary/aromatic N) is 4. The molecule has 8 nitrogen and oxygen atoms in total. The third kappa shape index (κ3) is 3.95. The average molecular weight is 404 g/mol. The lowest BCUT2D eigenvalue weighted by molar-refractivity contribution is 0.480. The molecule has 0 saturated carbocycles. The lowest BCUT2D eigenvalue weighted by atomic mass is 10.2. The number of benzene rings is 1. The number of hydrogen-bond donors (Lipinski definition) is 2. The van der Waals surface area contributed by atoms with Gasteiger partial charge in [0.25, 0.3) is 5.56 Å². The Labute approximate surface area is 170 Å². The molecule has 0 atom stereocenters. The molecule has 0 saturated heterocycles. The molecule has 9 heteroatoms. The van der Waals surface area contributed by atoms with E-state index in [0.717, 1.165) is 0 Å². The largest absolute Gasteiger partial charge is 0.456 e. The summed E-state index contributed by atoms with van der Waals surface area (Å²) in [5.41, 5.74) is 6.27. The topological polar surface area (TPSA) is 108 Å². The van der Waals surface area contributed by atoms with Crippen LogP contribution in [0.5, 0.6) is 11.5 Å². The molecule has 0 fully saturated rings. The van der Waals surface area contributed by atoms with E-state index in [9.17, 15) is 9.18 Å². The van der Waals surface area contributed by atoms with Crippen molar-refractivity contribution in [1.82, 2.24) is 19.5 Å². The number of para-hydroxylation sites is 1.